The molecular formula is C12H19NO3S. The Labute approximate surface area is 103 Å². The summed E-state index contributed by atoms with van der Waals surface area (Å²) in [4.78, 5) is 0.295. The van der Waals surface area contributed by atoms with E-state index in [-0.39, 0.29) is 5.75 Å². The molecule has 4 nitrogen and oxygen atoms in total. The quantitative estimate of drug-likeness (QED) is 0.822. The summed E-state index contributed by atoms with van der Waals surface area (Å²) in [6, 6.07) is 6.39. The van der Waals surface area contributed by atoms with Gasteiger partial charge in [-0.05, 0) is 31.7 Å². The first-order valence-corrected chi connectivity index (χ1v) is 7.19. The molecule has 0 aliphatic carbocycles. The Morgan fingerprint density at radius 1 is 1.29 bits per heavy atom. The van der Waals surface area contributed by atoms with Crippen LogP contribution in [-0.4, -0.2) is 32.9 Å². The number of benzene rings is 1. The van der Waals surface area contributed by atoms with Gasteiger partial charge in [0.25, 0.3) is 0 Å². The molecular weight excluding hydrogens is 238 g/mol. The molecule has 0 aliphatic heterocycles. The van der Waals surface area contributed by atoms with Gasteiger partial charge in [-0.3, -0.25) is 0 Å². The lowest BCUT2D eigenvalue weighted by Crippen LogP contribution is -2.33. The highest BCUT2D eigenvalue weighted by Crippen LogP contribution is 2.21. The van der Waals surface area contributed by atoms with Gasteiger partial charge in [0.05, 0.1) is 16.2 Å². The predicted octanol–water partition coefficient (Wildman–Crippen LogP) is 0.907. The fraction of sp³-hybridized carbons (Fsp3) is 0.500. The Morgan fingerprint density at radius 3 is 2.24 bits per heavy atom. The third kappa shape index (κ3) is 3.28. The van der Waals surface area contributed by atoms with Crippen LogP contribution >= 0.6 is 0 Å². The van der Waals surface area contributed by atoms with E-state index in [1.165, 1.54) is 12.1 Å². The highest BCUT2D eigenvalue weighted by Gasteiger charge is 2.22. The Kier molecular flexibility index (Phi) is 4.30. The maximum absolute atomic E-state index is 11.6. The van der Waals surface area contributed by atoms with Crippen molar-refractivity contribution < 1.29 is 13.5 Å². The molecule has 0 saturated carbocycles. The standard InChI is InChI=1S/C12H19NO3S/c1-4-17(15,16)11-7-5-10(6-8-11)12(2,14)9-13-3/h5-8,13-14H,4,9H2,1-3H3. The van der Waals surface area contributed by atoms with E-state index in [0.717, 1.165) is 0 Å². The van der Waals surface area contributed by atoms with Crippen LogP contribution in [0.4, 0.5) is 0 Å². The topological polar surface area (TPSA) is 66.4 Å². The number of likely N-dealkylation sites (N-methyl/N-ethyl adjacent to an activating group) is 1. The number of hydrogen-bond acceptors (Lipinski definition) is 4. The van der Waals surface area contributed by atoms with Crippen molar-refractivity contribution in [2.75, 3.05) is 19.3 Å². The summed E-state index contributed by atoms with van der Waals surface area (Å²) in [5, 5.41) is 13.0. The van der Waals surface area contributed by atoms with Crippen molar-refractivity contribution in [2.24, 2.45) is 0 Å². The fourth-order valence-corrected chi connectivity index (χ4v) is 2.52. The van der Waals surface area contributed by atoms with Crippen molar-refractivity contribution in [3.05, 3.63) is 29.8 Å². The van der Waals surface area contributed by atoms with Crippen molar-refractivity contribution in [1.29, 1.82) is 0 Å². The maximum atomic E-state index is 11.6. The lowest BCUT2D eigenvalue weighted by Gasteiger charge is -2.23. The van der Waals surface area contributed by atoms with Gasteiger partial charge >= 0.3 is 0 Å². The second kappa shape index (κ2) is 5.16. The SMILES string of the molecule is CCS(=O)(=O)c1ccc(C(C)(O)CNC)cc1. The van der Waals surface area contributed by atoms with Crippen LogP contribution in [-0.2, 0) is 15.4 Å². The lowest BCUT2D eigenvalue weighted by atomic mass is 9.96. The fourth-order valence-electron chi connectivity index (χ4n) is 1.63. The molecule has 0 aromatic heterocycles. The zero-order chi connectivity index (χ0) is 13.1. The minimum atomic E-state index is -3.17. The molecule has 17 heavy (non-hydrogen) atoms. The van der Waals surface area contributed by atoms with Crippen molar-refractivity contribution in [3.8, 4) is 0 Å². The minimum Gasteiger partial charge on any atom is -0.384 e. The van der Waals surface area contributed by atoms with Crippen LogP contribution in [0.2, 0.25) is 0 Å². The summed E-state index contributed by atoms with van der Waals surface area (Å²) in [6.45, 7) is 3.71. The summed E-state index contributed by atoms with van der Waals surface area (Å²) in [5.74, 6) is 0.0826. The molecule has 1 aromatic rings. The zero-order valence-corrected chi connectivity index (χ0v) is 11.2. The van der Waals surface area contributed by atoms with E-state index in [1.54, 1.807) is 33.0 Å². The molecule has 1 rings (SSSR count). The van der Waals surface area contributed by atoms with E-state index < -0.39 is 15.4 Å². The molecule has 1 unspecified atom stereocenters. The zero-order valence-electron chi connectivity index (χ0n) is 10.4. The van der Waals surface area contributed by atoms with Gasteiger partial charge in [0.2, 0.25) is 0 Å². The van der Waals surface area contributed by atoms with Crippen LogP contribution in [0.3, 0.4) is 0 Å². The Bertz CT molecular complexity index is 463. The molecule has 0 heterocycles. The molecule has 1 aromatic carbocycles. The first kappa shape index (κ1) is 14.2. The Balaban J connectivity index is 3.04. The molecule has 1 atom stereocenters. The third-order valence-electron chi connectivity index (χ3n) is 2.74. The summed E-state index contributed by atoms with van der Waals surface area (Å²) >= 11 is 0. The summed E-state index contributed by atoms with van der Waals surface area (Å²) in [6.07, 6.45) is 0. The van der Waals surface area contributed by atoms with Crippen molar-refractivity contribution in [2.45, 2.75) is 24.3 Å². The molecule has 0 amide bonds. The molecule has 0 radical (unpaired) electrons. The van der Waals surface area contributed by atoms with Gasteiger partial charge in [-0.25, -0.2) is 8.42 Å². The van der Waals surface area contributed by atoms with Crippen LogP contribution in [0.15, 0.2) is 29.2 Å². The van der Waals surface area contributed by atoms with Crippen LogP contribution in [0, 0.1) is 0 Å². The van der Waals surface area contributed by atoms with E-state index in [1.807, 2.05) is 0 Å². The molecule has 2 N–H and O–H groups in total. The minimum absolute atomic E-state index is 0.0826. The average molecular weight is 257 g/mol. The number of aliphatic hydroxyl groups is 1. The lowest BCUT2D eigenvalue weighted by molar-refractivity contribution is 0.0591. The van der Waals surface area contributed by atoms with Gasteiger partial charge < -0.3 is 10.4 Å². The maximum Gasteiger partial charge on any atom is 0.178 e. The smallest absolute Gasteiger partial charge is 0.178 e. The number of hydrogen-bond donors (Lipinski definition) is 2. The van der Waals surface area contributed by atoms with E-state index in [4.69, 9.17) is 0 Å². The second-order valence-corrected chi connectivity index (χ2v) is 6.51. The molecule has 5 heteroatoms. The van der Waals surface area contributed by atoms with Crippen LogP contribution in [0.25, 0.3) is 0 Å². The number of rotatable bonds is 5. The van der Waals surface area contributed by atoms with E-state index >= 15 is 0 Å². The molecule has 0 aliphatic rings. The van der Waals surface area contributed by atoms with Crippen molar-refractivity contribution in [1.82, 2.24) is 5.32 Å². The average Bonchev–Trinajstić information content (AvgIpc) is 2.29. The first-order valence-electron chi connectivity index (χ1n) is 5.54. The van der Waals surface area contributed by atoms with Gasteiger partial charge in [-0.2, -0.15) is 0 Å². The van der Waals surface area contributed by atoms with Gasteiger partial charge in [0.15, 0.2) is 9.84 Å². The Morgan fingerprint density at radius 2 is 1.82 bits per heavy atom. The summed E-state index contributed by atoms with van der Waals surface area (Å²) < 4.78 is 23.2. The highest BCUT2D eigenvalue weighted by molar-refractivity contribution is 7.91. The van der Waals surface area contributed by atoms with Gasteiger partial charge in [-0.1, -0.05) is 19.1 Å². The Hall–Kier alpha value is -0.910. The second-order valence-electron chi connectivity index (χ2n) is 4.23. The van der Waals surface area contributed by atoms with Gasteiger partial charge in [0.1, 0.15) is 0 Å². The van der Waals surface area contributed by atoms with Crippen LogP contribution in [0.5, 0.6) is 0 Å². The van der Waals surface area contributed by atoms with Crippen molar-refractivity contribution >= 4 is 9.84 Å². The van der Waals surface area contributed by atoms with Gasteiger partial charge in [-0.15, -0.1) is 0 Å². The number of sulfone groups is 1. The predicted molar refractivity (Wildman–Crippen MR) is 67.7 cm³/mol. The molecule has 96 valence electrons. The monoisotopic (exact) mass is 257 g/mol. The largest absolute Gasteiger partial charge is 0.384 e. The van der Waals surface area contributed by atoms with Crippen LogP contribution < -0.4 is 5.32 Å². The normalized spacial score (nSPS) is 15.5. The van der Waals surface area contributed by atoms with E-state index in [9.17, 15) is 13.5 Å². The van der Waals surface area contributed by atoms with E-state index in [0.29, 0.717) is 17.0 Å². The summed E-state index contributed by atoms with van der Waals surface area (Å²) in [5.41, 5.74) is -0.301. The summed E-state index contributed by atoms with van der Waals surface area (Å²) in [7, 11) is -1.42. The van der Waals surface area contributed by atoms with Gasteiger partial charge in [0, 0.05) is 6.54 Å². The van der Waals surface area contributed by atoms with Crippen molar-refractivity contribution in [3.63, 3.8) is 0 Å². The first-order chi connectivity index (χ1) is 7.83. The highest BCUT2D eigenvalue weighted by atomic mass is 32.2. The number of nitrogens with one attached hydrogen (secondary N) is 1. The molecule has 0 bridgehead atoms. The molecule has 0 saturated heterocycles. The molecule has 0 spiro atoms. The van der Waals surface area contributed by atoms with E-state index in [2.05, 4.69) is 5.32 Å². The molecule has 0 fully saturated rings. The van der Waals surface area contributed by atoms with Crippen LogP contribution in [0.1, 0.15) is 19.4 Å². The third-order valence-corrected chi connectivity index (χ3v) is 4.49.